The molecule has 2 saturated heterocycles. The highest BCUT2D eigenvalue weighted by Crippen LogP contribution is 2.27. The average molecular weight is 497 g/mol. The van der Waals surface area contributed by atoms with Crippen molar-refractivity contribution in [2.24, 2.45) is 5.92 Å². The topological polar surface area (TPSA) is 95.8 Å². The summed E-state index contributed by atoms with van der Waals surface area (Å²) in [4.78, 5) is 20.2. The van der Waals surface area contributed by atoms with Gasteiger partial charge in [0.2, 0.25) is 15.9 Å². The van der Waals surface area contributed by atoms with E-state index in [4.69, 9.17) is 9.40 Å². The van der Waals surface area contributed by atoms with Gasteiger partial charge in [-0.25, -0.2) is 13.4 Å². The van der Waals surface area contributed by atoms with Crippen LogP contribution in [0, 0.1) is 5.92 Å². The SMILES string of the molecule is C[C@@H](Cc1ccco1)NC(=O)[C@@H]1CCCN(c2ccc3cc(S(=O)(=O)N4CCCC4)ccc3n2)C1. The maximum absolute atomic E-state index is 12.9. The molecule has 9 heteroatoms. The van der Waals surface area contributed by atoms with Crippen LogP contribution in [0.2, 0.25) is 0 Å². The zero-order valence-corrected chi connectivity index (χ0v) is 20.8. The van der Waals surface area contributed by atoms with Crippen molar-refractivity contribution in [1.82, 2.24) is 14.6 Å². The molecule has 1 aromatic carbocycles. The fourth-order valence-electron chi connectivity index (χ4n) is 5.05. The molecule has 0 saturated carbocycles. The quantitative estimate of drug-likeness (QED) is 0.537. The lowest BCUT2D eigenvalue weighted by molar-refractivity contribution is -0.125. The summed E-state index contributed by atoms with van der Waals surface area (Å²) in [6.45, 7) is 4.61. The lowest BCUT2D eigenvalue weighted by Gasteiger charge is -2.33. The van der Waals surface area contributed by atoms with Crippen molar-refractivity contribution in [3.63, 3.8) is 0 Å². The number of benzene rings is 1. The van der Waals surface area contributed by atoms with E-state index in [0.29, 0.717) is 31.0 Å². The molecule has 1 N–H and O–H groups in total. The van der Waals surface area contributed by atoms with E-state index in [2.05, 4.69) is 10.2 Å². The number of aromatic nitrogens is 1. The lowest BCUT2D eigenvalue weighted by atomic mass is 9.96. The second-order valence-electron chi connectivity index (χ2n) is 9.61. The minimum absolute atomic E-state index is 0.00569. The van der Waals surface area contributed by atoms with Gasteiger partial charge in [0.25, 0.3) is 0 Å². The minimum atomic E-state index is -3.46. The number of furan rings is 1. The normalized spacial score (nSPS) is 20.3. The monoisotopic (exact) mass is 496 g/mol. The minimum Gasteiger partial charge on any atom is -0.469 e. The third kappa shape index (κ3) is 5.21. The van der Waals surface area contributed by atoms with Crippen molar-refractivity contribution >= 4 is 32.7 Å². The Morgan fingerprint density at radius 1 is 1.14 bits per heavy atom. The fourth-order valence-corrected chi connectivity index (χ4v) is 6.60. The highest BCUT2D eigenvalue weighted by atomic mass is 32.2. The molecule has 5 rings (SSSR count). The molecular weight excluding hydrogens is 464 g/mol. The van der Waals surface area contributed by atoms with Gasteiger partial charge in [-0.05, 0) is 75.1 Å². The van der Waals surface area contributed by atoms with Crippen LogP contribution >= 0.6 is 0 Å². The number of rotatable bonds is 7. The summed E-state index contributed by atoms with van der Waals surface area (Å²) in [7, 11) is -3.46. The van der Waals surface area contributed by atoms with E-state index < -0.39 is 10.0 Å². The number of sulfonamides is 1. The molecule has 2 atom stereocenters. The number of nitrogens with zero attached hydrogens (tertiary/aromatic N) is 3. The third-order valence-electron chi connectivity index (χ3n) is 6.94. The summed E-state index contributed by atoms with van der Waals surface area (Å²) in [6.07, 6.45) is 5.90. The number of hydrogen-bond donors (Lipinski definition) is 1. The van der Waals surface area contributed by atoms with Gasteiger partial charge in [-0.3, -0.25) is 4.79 Å². The molecule has 35 heavy (non-hydrogen) atoms. The number of carbonyl (C=O) groups is 1. The Morgan fingerprint density at radius 2 is 1.97 bits per heavy atom. The van der Waals surface area contributed by atoms with E-state index in [1.54, 1.807) is 28.8 Å². The van der Waals surface area contributed by atoms with Crippen LogP contribution in [-0.2, 0) is 21.2 Å². The first kappa shape index (κ1) is 23.8. The predicted octanol–water partition coefficient (Wildman–Crippen LogP) is 3.58. The van der Waals surface area contributed by atoms with Gasteiger partial charge >= 0.3 is 0 Å². The molecule has 2 fully saturated rings. The summed E-state index contributed by atoms with van der Waals surface area (Å²) in [6, 6.07) is 12.8. The molecule has 3 aromatic rings. The third-order valence-corrected chi connectivity index (χ3v) is 8.84. The van der Waals surface area contributed by atoms with E-state index in [1.807, 2.05) is 31.2 Å². The maximum Gasteiger partial charge on any atom is 0.243 e. The first-order valence-corrected chi connectivity index (χ1v) is 13.8. The molecule has 0 unspecified atom stereocenters. The van der Waals surface area contributed by atoms with Gasteiger partial charge in [-0.1, -0.05) is 0 Å². The van der Waals surface area contributed by atoms with Gasteiger partial charge in [-0.15, -0.1) is 0 Å². The van der Waals surface area contributed by atoms with Gasteiger partial charge in [0.05, 0.1) is 22.6 Å². The zero-order valence-electron chi connectivity index (χ0n) is 20.0. The molecule has 186 valence electrons. The van der Waals surface area contributed by atoms with Crippen molar-refractivity contribution in [3.8, 4) is 0 Å². The van der Waals surface area contributed by atoms with E-state index in [9.17, 15) is 13.2 Å². The van der Waals surface area contributed by atoms with Crippen molar-refractivity contribution < 1.29 is 17.6 Å². The average Bonchev–Trinajstić information content (AvgIpc) is 3.58. The van der Waals surface area contributed by atoms with Gasteiger partial charge < -0.3 is 14.6 Å². The Hall–Kier alpha value is -2.91. The van der Waals surface area contributed by atoms with Crippen molar-refractivity contribution in [2.45, 2.75) is 50.0 Å². The van der Waals surface area contributed by atoms with Gasteiger partial charge in [0, 0.05) is 44.0 Å². The van der Waals surface area contributed by atoms with Crippen molar-refractivity contribution in [2.75, 3.05) is 31.1 Å². The predicted molar refractivity (Wildman–Crippen MR) is 135 cm³/mol. The highest BCUT2D eigenvalue weighted by molar-refractivity contribution is 7.89. The Labute approximate surface area is 206 Å². The van der Waals surface area contributed by atoms with E-state index >= 15 is 0 Å². The standard InChI is InChI=1S/C26H32N4O4S/c1-19(16-22-7-5-15-34-22)27-26(31)21-6-4-12-29(18-21)25-11-8-20-17-23(9-10-24(20)28-25)35(32,33)30-13-2-3-14-30/h5,7-11,15,17,19,21H,2-4,6,12-14,16,18H2,1H3,(H,27,31)/t19-,21+/m0/s1. The van der Waals surface area contributed by atoms with Crippen LogP contribution in [0.25, 0.3) is 10.9 Å². The van der Waals surface area contributed by atoms with Crippen LogP contribution in [0.4, 0.5) is 5.82 Å². The van der Waals surface area contributed by atoms with E-state index in [-0.39, 0.29) is 17.9 Å². The number of nitrogens with one attached hydrogen (secondary N) is 1. The van der Waals surface area contributed by atoms with E-state index in [0.717, 1.165) is 54.7 Å². The molecule has 0 spiro atoms. The number of anilines is 1. The number of piperidine rings is 1. The van der Waals surface area contributed by atoms with Gasteiger partial charge in [0.1, 0.15) is 11.6 Å². The number of carbonyl (C=O) groups excluding carboxylic acids is 1. The van der Waals surface area contributed by atoms with Crippen LogP contribution < -0.4 is 10.2 Å². The molecule has 2 aromatic heterocycles. The Bertz CT molecular complexity index is 1290. The molecular formula is C26H32N4O4S. The van der Waals surface area contributed by atoms with E-state index in [1.165, 1.54) is 0 Å². The van der Waals surface area contributed by atoms with Gasteiger partial charge in [0.15, 0.2) is 0 Å². The molecule has 2 aliphatic heterocycles. The fraction of sp³-hybridized carbons (Fsp3) is 0.462. The molecule has 0 radical (unpaired) electrons. The van der Waals surface area contributed by atoms with Crippen molar-refractivity contribution in [1.29, 1.82) is 0 Å². The molecule has 4 heterocycles. The smallest absolute Gasteiger partial charge is 0.243 e. The first-order chi connectivity index (χ1) is 16.9. The van der Waals surface area contributed by atoms with Gasteiger partial charge in [-0.2, -0.15) is 4.31 Å². The van der Waals surface area contributed by atoms with Crippen LogP contribution in [0.1, 0.15) is 38.4 Å². The summed E-state index contributed by atoms with van der Waals surface area (Å²) in [5, 5.41) is 3.92. The Morgan fingerprint density at radius 3 is 2.74 bits per heavy atom. The summed E-state index contributed by atoms with van der Waals surface area (Å²) < 4.78 is 32.8. The number of fused-ring (bicyclic) bond motifs is 1. The van der Waals surface area contributed by atoms with Crippen LogP contribution in [0.5, 0.6) is 0 Å². The highest BCUT2D eigenvalue weighted by Gasteiger charge is 2.29. The largest absolute Gasteiger partial charge is 0.469 e. The maximum atomic E-state index is 12.9. The number of amides is 1. The Kier molecular flexibility index (Phi) is 6.80. The Balaban J connectivity index is 1.26. The number of pyridine rings is 1. The molecule has 8 nitrogen and oxygen atoms in total. The summed E-state index contributed by atoms with van der Waals surface area (Å²) in [5.74, 6) is 1.63. The van der Waals surface area contributed by atoms with Crippen LogP contribution in [0.15, 0.2) is 58.0 Å². The van der Waals surface area contributed by atoms with Crippen LogP contribution in [0.3, 0.4) is 0 Å². The summed E-state index contributed by atoms with van der Waals surface area (Å²) >= 11 is 0. The summed E-state index contributed by atoms with van der Waals surface area (Å²) in [5.41, 5.74) is 0.751. The zero-order chi connectivity index (χ0) is 24.4. The van der Waals surface area contributed by atoms with Crippen LogP contribution in [-0.4, -0.2) is 55.8 Å². The molecule has 0 bridgehead atoms. The second-order valence-corrected chi connectivity index (χ2v) is 11.6. The lowest BCUT2D eigenvalue weighted by Crippen LogP contribution is -2.46. The second kappa shape index (κ2) is 9.99. The first-order valence-electron chi connectivity index (χ1n) is 12.4. The molecule has 0 aliphatic carbocycles. The molecule has 1 amide bonds. The molecule has 2 aliphatic rings. The van der Waals surface area contributed by atoms with Crippen molar-refractivity contribution in [3.05, 3.63) is 54.5 Å². The number of hydrogen-bond acceptors (Lipinski definition) is 6.